The maximum Gasteiger partial charge on any atom is 0.296 e. The van der Waals surface area contributed by atoms with Gasteiger partial charge in [-0.1, -0.05) is 12.1 Å². The van der Waals surface area contributed by atoms with Crippen molar-refractivity contribution in [2.45, 2.75) is 6.54 Å². The summed E-state index contributed by atoms with van der Waals surface area (Å²) in [4.78, 5) is 2.30. The van der Waals surface area contributed by atoms with Crippen LogP contribution in [0.3, 0.4) is 0 Å². The third-order valence-electron chi connectivity index (χ3n) is 2.72. The van der Waals surface area contributed by atoms with E-state index in [1.165, 1.54) is 0 Å². The molecule has 1 aliphatic heterocycles. The van der Waals surface area contributed by atoms with Crippen LogP contribution < -0.4 is 9.86 Å². The van der Waals surface area contributed by atoms with Crippen LogP contribution in [0.15, 0.2) is 24.3 Å². The zero-order valence-corrected chi connectivity index (χ0v) is 10.8. The quantitative estimate of drug-likeness (QED) is 0.815. The fourth-order valence-corrected chi connectivity index (χ4v) is 2.32. The molecule has 0 aromatic heterocycles. The van der Waals surface area contributed by atoms with E-state index in [1.54, 1.807) is 12.1 Å². The minimum atomic E-state index is -3.69. The summed E-state index contributed by atoms with van der Waals surface area (Å²) < 4.78 is 29.2. The molecule has 2 rings (SSSR count). The van der Waals surface area contributed by atoms with E-state index in [9.17, 15) is 8.42 Å². The second-order valence-electron chi connectivity index (χ2n) is 4.23. The lowest BCUT2D eigenvalue weighted by Gasteiger charge is -2.26. The number of benzene rings is 1. The van der Waals surface area contributed by atoms with Gasteiger partial charge in [0.05, 0.1) is 13.2 Å². The highest BCUT2D eigenvalue weighted by Gasteiger charge is 2.10. The Morgan fingerprint density at radius 3 is 2.39 bits per heavy atom. The van der Waals surface area contributed by atoms with Crippen LogP contribution in [-0.2, 0) is 21.5 Å². The summed E-state index contributed by atoms with van der Waals surface area (Å²) in [5, 5.41) is 4.89. The number of rotatable bonds is 4. The molecule has 0 amide bonds. The highest BCUT2D eigenvalue weighted by molar-refractivity contribution is 7.90. The maximum atomic E-state index is 10.8. The predicted octanol–water partition coefficient (Wildman–Crippen LogP) is 0.134. The maximum absolute atomic E-state index is 10.8. The molecule has 1 aliphatic rings. The van der Waals surface area contributed by atoms with Gasteiger partial charge in [0, 0.05) is 25.3 Å². The van der Waals surface area contributed by atoms with Crippen LogP contribution in [0, 0.1) is 0 Å². The highest BCUT2D eigenvalue weighted by atomic mass is 32.2. The van der Waals surface area contributed by atoms with Crippen molar-refractivity contribution in [1.29, 1.82) is 0 Å². The molecule has 1 saturated heterocycles. The summed E-state index contributed by atoms with van der Waals surface area (Å²) in [5.74, 6) is 0. The molecule has 0 unspecified atom stereocenters. The minimum absolute atomic E-state index is 0.475. The number of morpholine rings is 1. The van der Waals surface area contributed by atoms with Gasteiger partial charge in [0.15, 0.2) is 0 Å². The molecular weight excluding hydrogens is 254 g/mol. The molecule has 18 heavy (non-hydrogen) atoms. The molecule has 1 aromatic carbocycles. The van der Waals surface area contributed by atoms with Crippen molar-refractivity contribution < 1.29 is 13.2 Å². The van der Waals surface area contributed by atoms with Crippen LogP contribution >= 0.6 is 0 Å². The Balaban J connectivity index is 1.94. The molecule has 0 saturated carbocycles. The fourth-order valence-electron chi connectivity index (χ4n) is 1.86. The Morgan fingerprint density at radius 2 is 1.83 bits per heavy atom. The van der Waals surface area contributed by atoms with Crippen LogP contribution in [0.4, 0.5) is 5.69 Å². The van der Waals surface area contributed by atoms with Gasteiger partial charge in [-0.2, -0.15) is 8.42 Å². The van der Waals surface area contributed by atoms with E-state index >= 15 is 0 Å². The average molecular weight is 271 g/mol. The topological polar surface area (TPSA) is 84.7 Å². The lowest BCUT2D eigenvalue weighted by molar-refractivity contribution is 0.0342. The van der Waals surface area contributed by atoms with Crippen molar-refractivity contribution in [1.82, 2.24) is 4.90 Å². The van der Waals surface area contributed by atoms with Gasteiger partial charge in [-0.25, -0.2) is 5.14 Å². The molecule has 3 N–H and O–H groups in total. The summed E-state index contributed by atoms with van der Waals surface area (Å²) >= 11 is 0. The zero-order valence-electron chi connectivity index (χ0n) is 10.0. The van der Waals surface area contributed by atoms with Gasteiger partial charge in [-0.15, -0.1) is 0 Å². The van der Waals surface area contributed by atoms with E-state index in [2.05, 4.69) is 9.62 Å². The van der Waals surface area contributed by atoms with Gasteiger partial charge in [0.1, 0.15) is 0 Å². The molecule has 0 atom stereocenters. The van der Waals surface area contributed by atoms with Crippen molar-refractivity contribution in [3.63, 3.8) is 0 Å². The normalized spacial score (nSPS) is 17.6. The SMILES string of the molecule is NS(=O)(=O)Nc1ccc(CN2CCOCC2)cc1. The van der Waals surface area contributed by atoms with E-state index in [0.717, 1.165) is 38.4 Å². The van der Waals surface area contributed by atoms with E-state index < -0.39 is 10.2 Å². The average Bonchev–Trinajstić information content (AvgIpc) is 2.31. The van der Waals surface area contributed by atoms with E-state index in [1.807, 2.05) is 12.1 Å². The number of hydrogen-bond acceptors (Lipinski definition) is 4. The van der Waals surface area contributed by atoms with Gasteiger partial charge in [-0.05, 0) is 17.7 Å². The van der Waals surface area contributed by atoms with Crippen molar-refractivity contribution in [3.8, 4) is 0 Å². The van der Waals surface area contributed by atoms with Crippen LogP contribution in [0.1, 0.15) is 5.56 Å². The van der Waals surface area contributed by atoms with Gasteiger partial charge in [-0.3, -0.25) is 9.62 Å². The first-order valence-electron chi connectivity index (χ1n) is 5.72. The first-order valence-corrected chi connectivity index (χ1v) is 7.27. The zero-order chi connectivity index (χ0) is 13.0. The summed E-state index contributed by atoms with van der Waals surface area (Å²) in [6, 6.07) is 7.20. The largest absolute Gasteiger partial charge is 0.379 e. The summed E-state index contributed by atoms with van der Waals surface area (Å²) in [6.45, 7) is 4.24. The molecule has 1 fully saturated rings. The van der Waals surface area contributed by atoms with Crippen LogP contribution in [-0.4, -0.2) is 39.6 Å². The van der Waals surface area contributed by atoms with Gasteiger partial charge < -0.3 is 4.74 Å². The highest BCUT2D eigenvalue weighted by Crippen LogP contribution is 2.12. The fraction of sp³-hybridized carbons (Fsp3) is 0.455. The second kappa shape index (κ2) is 5.66. The lowest BCUT2D eigenvalue weighted by atomic mass is 10.2. The van der Waals surface area contributed by atoms with Crippen molar-refractivity contribution in [2.75, 3.05) is 31.0 Å². The Hall–Kier alpha value is -1.15. The molecule has 7 heteroatoms. The smallest absolute Gasteiger partial charge is 0.296 e. The molecule has 0 bridgehead atoms. The summed E-state index contributed by atoms with van der Waals surface area (Å²) in [6.07, 6.45) is 0. The van der Waals surface area contributed by atoms with Crippen LogP contribution in [0.2, 0.25) is 0 Å². The first kappa shape index (κ1) is 13.3. The lowest BCUT2D eigenvalue weighted by Crippen LogP contribution is -2.35. The molecule has 1 heterocycles. The number of nitrogens with one attached hydrogen (secondary N) is 1. The summed E-state index contributed by atoms with van der Waals surface area (Å²) in [7, 11) is -3.69. The number of anilines is 1. The van der Waals surface area contributed by atoms with Gasteiger partial charge >= 0.3 is 0 Å². The third-order valence-corrected chi connectivity index (χ3v) is 3.24. The van der Waals surface area contributed by atoms with E-state index in [4.69, 9.17) is 9.88 Å². The monoisotopic (exact) mass is 271 g/mol. The Morgan fingerprint density at radius 1 is 1.22 bits per heavy atom. The predicted molar refractivity (Wildman–Crippen MR) is 69.3 cm³/mol. The van der Waals surface area contributed by atoms with E-state index in [-0.39, 0.29) is 0 Å². The molecule has 100 valence electrons. The van der Waals surface area contributed by atoms with Gasteiger partial charge in [0.25, 0.3) is 10.2 Å². The van der Waals surface area contributed by atoms with Crippen molar-refractivity contribution in [2.24, 2.45) is 5.14 Å². The summed E-state index contributed by atoms with van der Waals surface area (Å²) in [5.41, 5.74) is 1.61. The molecule has 0 spiro atoms. The molecule has 1 aromatic rings. The second-order valence-corrected chi connectivity index (χ2v) is 5.53. The van der Waals surface area contributed by atoms with Crippen LogP contribution in [0.25, 0.3) is 0 Å². The van der Waals surface area contributed by atoms with Crippen molar-refractivity contribution in [3.05, 3.63) is 29.8 Å². The Kier molecular flexibility index (Phi) is 4.18. The van der Waals surface area contributed by atoms with Gasteiger partial charge in [0.2, 0.25) is 0 Å². The van der Waals surface area contributed by atoms with Crippen molar-refractivity contribution >= 4 is 15.9 Å². The standard InChI is InChI=1S/C11H17N3O3S/c12-18(15,16)13-11-3-1-10(2-4-11)9-14-5-7-17-8-6-14/h1-4,13H,5-9H2,(H2,12,15,16). The molecule has 6 nitrogen and oxygen atoms in total. The molecular formula is C11H17N3O3S. The van der Waals surface area contributed by atoms with Crippen LogP contribution in [0.5, 0.6) is 0 Å². The first-order chi connectivity index (χ1) is 8.53. The molecule has 0 radical (unpaired) electrons. The number of nitrogens with two attached hydrogens (primary N) is 1. The Labute approximate surface area is 107 Å². The number of nitrogens with zero attached hydrogens (tertiary/aromatic N) is 1. The number of hydrogen-bond donors (Lipinski definition) is 2. The third kappa shape index (κ3) is 4.26. The van der Waals surface area contributed by atoms with E-state index in [0.29, 0.717) is 5.69 Å². The number of ether oxygens (including phenoxy) is 1. The minimum Gasteiger partial charge on any atom is -0.379 e. The molecule has 0 aliphatic carbocycles. The Bertz CT molecular complexity index is 481.